The molecule has 0 radical (unpaired) electrons. The maximum Gasteiger partial charge on any atom is 0.417 e. The Morgan fingerprint density at radius 2 is 1.57 bits per heavy atom. The van der Waals surface area contributed by atoms with Crippen molar-refractivity contribution in [1.29, 1.82) is 0 Å². The molecule has 21 heteroatoms. The molecule has 2 atom stereocenters. The van der Waals surface area contributed by atoms with Gasteiger partial charge in [-0.05, 0) is 60.5 Å². The SMILES string of the molecule is CCC(C)C(=O)NC(CC(N)=O)C(=O)Nc1ccc(COC(=O)N(C)CCNC(=O)c2cc(Oc3ccc(NC(=O)Nc4ccc(Cl)c(C(F)(F)F)c4)c(F)c3)ccn2)cc1. The number of pyridine rings is 1. The molecule has 0 saturated carbocycles. The lowest BCUT2D eigenvalue weighted by atomic mass is 10.1. The number of carbonyl (C=O) groups excluding carboxylic acids is 6. The zero-order chi connectivity index (χ0) is 44.9. The number of amides is 7. The van der Waals surface area contributed by atoms with Gasteiger partial charge in [-0.3, -0.25) is 24.2 Å². The lowest BCUT2D eigenvalue weighted by Crippen LogP contribution is -2.47. The lowest BCUT2D eigenvalue weighted by molar-refractivity contribution is -0.137. The predicted molar refractivity (Wildman–Crippen MR) is 215 cm³/mol. The molecule has 1 aromatic heterocycles. The molecule has 4 aromatic rings. The van der Waals surface area contributed by atoms with E-state index in [-0.39, 0.29) is 66.5 Å². The van der Waals surface area contributed by atoms with Gasteiger partial charge in [0.2, 0.25) is 17.7 Å². The van der Waals surface area contributed by atoms with Crippen LogP contribution in [0.25, 0.3) is 0 Å². The van der Waals surface area contributed by atoms with Gasteiger partial charge >= 0.3 is 18.3 Å². The second-order valence-corrected chi connectivity index (χ2v) is 13.8. The van der Waals surface area contributed by atoms with Crippen LogP contribution in [0.3, 0.4) is 0 Å². The first kappa shape index (κ1) is 46.7. The topological polar surface area (TPSA) is 223 Å². The van der Waals surface area contributed by atoms with Crippen LogP contribution in [0.4, 0.5) is 44.2 Å². The second kappa shape index (κ2) is 21.3. The van der Waals surface area contributed by atoms with Crippen molar-refractivity contribution in [2.24, 2.45) is 11.7 Å². The Hall–Kier alpha value is -6.96. The van der Waals surface area contributed by atoms with Crippen LogP contribution in [0, 0.1) is 11.7 Å². The minimum Gasteiger partial charge on any atom is -0.457 e. The zero-order valence-corrected chi connectivity index (χ0v) is 33.6. The van der Waals surface area contributed by atoms with Gasteiger partial charge in [-0.15, -0.1) is 0 Å². The first-order chi connectivity index (χ1) is 28.8. The van der Waals surface area contributed by atoms with E-state index in [1.165, 1.54) is 36.3 Å². The molecule has 0 aliphatic carbocycles. The summed E-state index contributed by atoms with van der Waals surface area (Å²) in [5.41, 5.74) is 4.45. The average Bonchev–Trinajstić information content (AvgIpc) is 3.20. The molecule has 4 rings (SSSR count). The largest absolute Gasteiger partial charge is 0.457 e. The Morgan fingerprint density at radius 3 is 2.23 bits per heavy atom. The highest BCUT2D eigenvalue weighted by Gasteiger charge is 2.33. The number of anilines is 3. The number of nitrogens with two attached hydrogens (primary N) is 1. The number of nitrogens with one attached hydrogen (secondary N) is 5. The summed E-state index contributed by atoms with van der Waals surface area (Å²) in [4.78, 5) is 79.5. The van der Waals surface area contributed by atoms with Crippen LogP contribution in [0.15, 0.2) is 79.0 Å². The molecular weight excluding hydrogens is 832 g/mol. The van der Waals surface area contributed by atoms with Gasteiger partial charge in [-0.2, -0.15) is 13.2 Å². The smallest absolute Gasteiger partial charge is 0.417 e. The van der Waals surface area contributed by atoms with E-state index in [9.17, 15) is 46.3 Å². The second-order valence-electron chi connectivity index (χ2n) is 13.4. The number of benzene rings is 3. The van der Waals surface area contributed by atoms with Gasteiger partial charge in [0.1, 0.15) is 35.7 Å². The highest BCUT2D eigenvalue weighted by molar-refractivity contribution is 6.31. The van der Waals surface area contributed by atoms with E-state index in [2.05, 4.69) is 31.6 Å². The fourth-order valence-corrected chi connectivity index (χ4v) is 5.32. The third-order valence-electron chi connectivity index (χ3n) is 8.64. The summed E-state index contributed by atoms with van der Waals surface area (Å²) < 4.78 is 65.3. The Bertz CT molecular complexity index is 2250. The van der Waals surface area contributed by atoms with E-state index < -0.39 is 58.5 Å². The number of urea groups is 1. The van der Waals surface area contributed by atoms with Crippen LogP contribution >= 0.6 is 11.6 Å². The average molecular weight is 873 g/mol. The molecule has 2 unspecified atom stereocenters. The van der Waals surface area contributed by atoms with Gasteiger partial charge in [0, 0.05) is 55.8 Å². The molecule has 61 heavy (non-hydrogen) atoms. The molecule has 0 aliphatic rings. The van der Waals surface area contributed by atoms with Gasteiger partial charge in [0.25, 0.3) is 5.91 Å². The Balaban J connectivity index is 1.21. The van der Waals surface area contributed by atoms with E-state index in [1.54, 1.807) is 31.2 Å². The summed E-state index contributed by atoms with van der Waals surface area (Å²) in [7, 11) is 1.46. The molecule has 0 saturated heterocycles. The Labute approximate surface area is 351 Å². The number of alkyl halides is 3. The monoisotopic (exact) mass is 872 g/mol. The van der Waals surface area contributed by atoms with Crippen molar-refractivity contribution in [3.63, 3.8) is 0 Å². The molecule has 7 N–H and O–H groups in total. The summed E-state index contributed by atoms with van der Waals surface area (Å²) in [6.45, 7) is 3.45. The number of aromatic nitrogens is 1. The molecule has 1 heterocycles. The highest BCUT2D eigenvalue weighted by atomic mass is 35.5. The maximum absolute atomic E-state index is 14.9. The summed E-state index contributed by atoms with van der Waals surface area (Å²) in [5.74, 6) is -3.61. The number of ether oxygens (including phenoxy) is 2. The summed E-state index contributed by atoms with van der Waals surface area (Å²) >= 11 is 5.60. The first-order valence-corrected chi connectivity index (χ1v) is 18.7. The van der Waals surface area contributed by atoms with Gasteiger partial charge in [0.05, 0.1) is 22.7 Å². The molecule has 3 aromatic carbocycles. The van der Waals surface area contributed by atoms with Crippen LogP contribution in [0.1, 0.15) is 48.3 Å². The van der Waals surface area contributed by atoms with Crippen molar-refractivity contribution < 1.29 is 55.8 Å². The van der Waals surface area contributed by atoms with Crippen molar-refractivity contribution >= 4 is 64.4 Å². The first-order valence-electron chi connectivity index (χ1n) is 18.4. The molecule has 0 spiro atoms. The van der Waals surface area contributed by atoms with Crippen molar-refractivity contribution in [2.45, 2.75) is 45.5 Å². The maximum atomic E-state index is 14.9. The van der Waals surface area contributed by atoms with Gasteiger partial charge in [0.15, 0.2) is 0 Å². The van der Waals surface area contributed by atoms with E-state index in [0.717, 1.165) is 24.3 Å². The molecular formula is C40H41ClF4N8O8. The highest BCUT2D eigenvalue weighted by Crippen LogP contribution is 2.36. The fourth-order valence-electron chi connectivity index (χ4n) is 5.10. The normalized spacial score (nSPS) is 11.9. The minimum absolute atomic E-state index is 0.00884. The van der Waals surface area contributed by atoms with Crippen LogP contribution in [-0.4, -0.2) is 71.8 Å². The standard InChI is InChI=1S/C40H41ClF4N8O8/c1-4-22(2)35(55)51-33(20-34(46)54)37(57)49-24-7-5-23(6-8-24)21-60-39(59)53(3)16-15-48-36(56)32-19-27(13-14-47-32)61-26-10-12-31(30(42)18-26)52-38(58)50-25-9-11-29(41)28(17-25)40(43,44)45/h5-14,17-19,22,33H,4,15-16,20-21H2,1-3H3,(H2,46,54)(H,48,56)(H,49,57)(H,51,55)(H2,50,52,58). The van der Waals surface area contributed by atoms with Crippen molar-refractivity contribution in [3.8, 4) is 11.5 Å². The van der Waals surface area contributed by atoms with E-state index in [0.29, 0.717) is 23.7 Å². The number of likely N-dealkylation sites (N-methyl/N-ethyl adjacent to an activating group) is 1. The predicted octanol–water partition coefficient (Wildman–Crippen LogP) is 6.67. The summed E-state index contributed by atoms with van der Waals surface area (Å²) in [6, 6.07) is 13.0. The Morgan fingerprint density at radius 1 is 0.885 bits per heavy atom. The van der Waals surface area contributed by atoms with E-state index in [4.69, 9.17) is 26.8 Å². The quantitative estimate of drug-likeness (QED) is 0.0623. The number of rotatable bonds is 17. The number of primary amides is 1. The van der Waals surface area contributed by atoms with E-state index in [1.807, 2.05) is 6.92 Å². The molecule has 7 amide bonds. The third-order valence-corrected chi connectivity index (χ3v) is 8.97. The van der Waals surface area contributed by atoms with Crippen molar-refractivity contribution in [2.75, 3.05) is 36.1 Å². The molecule has 0 fully saturated rings. The van der Waals surface area contributed by atoms with Crippen LogP contribution < -0.4 is 37.1 Å². The number of carbonyl (C=O) groups is 6. The fraction of sp³-hybridized carbons (Fsp3) is 0.275. The van der Waals surface area contributed by atoms with Crippen LogP contribution in [0.5, 0.6) is 11.5 Å². The van der Waals surface area contributed by atoms with Crippen molar-refractivity contribution in [1.82, 2.24) is 20.5 Å². The zero-order valence-electron chi connectivity index (χ0n) is 32.8. The molecule has 0 aliphatic heterocycles. The molecule has 16 nitrogen and oxygen atoms in total. The van der Waals surface area contributed by atoms with Gasteiger partial charge in [-0.1, -0.05) is 37.6 Å². The number of nitrogens with zero attached hydrogens (tertiary/aromatic N) is 2. The number of hydrogen-bond donors (Lipinski definition) is 6. The van der Waals surface area contributed by atoms with Gasteiger partial charge < -0.3 is 46.7 Å². The minimum atomic E-state index is -4.76. The summed E-state index contributed by atoms with van der Waals surface area (Å²) in [6.07, 6.45) is -4.02. The summed E-state index contributed by atoms with van der Waals surface area (Å²) in [5, 5.41) is 11.6. The third kappa shape index (κ3) is 14.4. The molecule has 0 bridgehead atoms. The number of hydrogen-bond acceptors (Lipinski definition) is 9. The lowest BCUT2D eigenvalue weighted by Gasteiger charge is -2.19. The van der Waals surface area contributed by atoms with Crippen LogP contribution in [-0.2, 0) is 31.9 Å². The van der Waals surface area contributed by atoms with Crippen molar-refractivity contribution in [3.05, 3.63) is 107 Å². The number of halogens is 5. The Kier molecular flexibility index (Phi) is 16.3. The van der Waals surface area contributed by atoms with Crippen LogP contribution in [0.2, 0.25) is 5.02 Å². The molecule has 324 valence electrons. The van der Waals surface area contributed by atoms with Gasteiger partial charge in [-0.25, -0.2) is 14.0 Å². The van der Waals surface area contributed by atoms with E-state index >= 15 is 0 Å².